The van der Waals surface area contributed by atoms with Crippen molar-refractivity contribution in [1.29, 1.82) is 0 Å². The summed E-state index contributed by atoms with van der Waals surface area (Å²) in [6, 6.07) is 16.7. The van der Waals surface area contributed by atoms with E-state index >= 15 is 0 Å². The van der Waals surface area contributed by atoms with Gasteiger partial charge in [-0.15, -0.1) is 0 Å². The third-order valence-corrected chi connectivity index (χ3v) is 7.99. The van der Waals surface area contributed by atoms with E-state index in [1.54, 1.807) is 28.6 Å². The molecule has 0 radical (unpaired) electrons. The molecule has 2 heterocycles. The Bertz CT molecular complexity index is 1210. The summed E-state index contributed by atoms with van der Waals surface area (Å²) in [5, 5.41) is 7.56. The Morgan fingerprint density at radius 2 is 1.64 bits per heavy atom. The van der Waals surface area contributed by atoms with Crippen LogP contribution in [0.2, 0.25) is 0 Å². The van der Waals surface area contributed by atoms with Crippen LogP contribution in [-0.2, 0) is 21.2 Å². The van der Waals surface area contributed by atoms with Gasteiger partial charge in [-0.2, -0.15) is 9.40 Å². The topological polar surface area (TPSA) is 84.3 Å². The van der Waals surface area contributed by atoms with E-state index in [1.165, 1.54) is 0 Å². The van der Waals surface area contributed by atoms with Crippen LogP contribution < -0.4 is 5.32 Å². The second kappa shape index (κ2) is 9.89. The molecule has 1 saturated heterocycles. The van der Waals surface area contributed by atoms with Crippen molar-refractivity contribution in [3.05, 3.63) is 71.5 Å². The number of aromatic nitrogens is 2. The summed E-state index contributed by atoms with van der Waals surface area (Å²) in [5.41, 5.74) is 4.23. The van der Waals surface area contributed by atoms with Crippen molar-refractivity contribution in [2.75, 3.05) is 18.4 Å². The van der Waals surface area contributed by atoms with Gasteiger partial charge in [0.15, 0.2) is 0 Å². The molecule has 0 unspecified atom stereocenters. The summed E-state index contributed by atoms with van der Waals surface area (Å²) < 4.78 is 29.0. The third-order valence-electron chi connectivity index (χ3n) is 6.07. The molecule has 1 N–H and O–H groups in total. The molecule has 0 spiro atoms. The maximum Gasteiger partial charge on any atom is 0.243 e. The summed E-state index contributed by atoms with van der Waals surface area (Å²) in [6.45, 7) is 4.99. The molecule has 33 heavy (non-hydrogen) atoms. The zero-order valence-electron chi connectivity index (χ0n) is 19.1. The van der Waals surface area contributed by atoms with Gasteiger partial charge < -0.3 is 5.32 Å². The first-order chi connectivity index (χ1) is 15.9. The van der Waals surface area contributed by atoms with E-state index < -0.39 is 10.0 Å². The predicted octanol–water partition coefficient (Wildman–Crippen LogP) is 4.24. The van der Waals surface area contributed by atoms with Gasteiger partial charge in [0, 0.05) is 19.5 Å². The minimum Gasteiger partial charge on any atom is -0.323 e. The summed E-state index contributed by atoms with van der Waals surface area (Å²) in [4.78, 5) is 12.9. The standard InChI is InChI=1S/C25H30N4O3S/c1-19-25(20(2)29(27-19)22-9-5-3-6-10-22)26-24(30)16-13-21-11-14-23(15-12-21)33(31,32)28-17-7-4-8-18-28/h3,5-6,9-12,14-15H,4,7-8,13,16-18H2,1-2H3,(H,26,30). The second-order valence-electron chi connectivity index (χ2n) is 8.45. The lowest BCUT2D eigenvalue weighted by Gasteiger charge is -2.25. The SMILES string of the molecule is Cc1nn(-c2ccccc2)c(C)c1NC(=O)CCc1ccc(S(=O)(=O)N2CCCCC2)cc1. The molecule has 1 aromatic heterocycles. The van der Waals surface area contributed by atoms with Gasteiger partial charge in [-0.25, -0.2) is 13.1 Å². The molecule has 0 bridgehead atoms. The molecule has 1 amide bonds. The zero-order valence-corrected chi connectivity index (χ0v) is 19.9. The number of amides is 1. The van der Waals surface area contributed by atoms with Crippen LogP contribution in [0.5, 0.6) is 0 Å². The number of benzene rings is 2. The average molecular weight is 467 g/mol. The second-order valence-corrected chi connectivity index (χ2v) is 10.4. The van der Waals surface area contributed by atoms with E-state index in [2.05, 4.69) is 10.4 Å². The fourth-order valence-electron chi connectivity index (χ4n) is 4.19. The highest BCUT2D eigenvalue weighted by Gasteiger charge is 2.25. The number of aryl methyl sites for hydroxylation is 2. The smallest absolute Gasteiger partial charge is 0.243 e. The van der Waals surface area contributed by atoms with Gasteiger partial charge in [0.05, 0.1) is 27.7 Å². The lowest BCUT2D eigenvalue weighted by Crippen LogP contribution is -2.35. The van der Waals surface area contributed by atoms with Crippen molar-refractivity contribution in [2.45, 2.75) is 50.8 Å². The molecule has 1 aliphatic rings. The minimum atomic E-state index is -3.44. The fraction of sp³-hybridized carbons (Fsp3) is 0.360. The summed E-state index contributed by atoms with van der Waals surface area (Å²) in [6.07, 6.45) is 3.73. The molecule has 3 aromatic rings. The number of nitrogens with zero attached hydrogens (tertiary/aromatic N) is 3. The van der Waals surface area contributed by atoms with Crippen LogP contribution in [0, 0.1) is 13.8 Å². The van der Waals surface area contributed by atoms with E-state index in [0.717, 1.165) is 47.6 Å². The Morgan fingerprint density at radius 3 is 2.30 bits per heavy atom. The fourth-order valence-corrected chi connectivity index (χ4v) is 5.70. The van der Waals surface area contributed by atoms with E-state index in [0.29, 0.717) is 30.8 Å². The van der Waals surface area contributed by atoms with Gasteiger partial charge in [-0.3, -0.25) is 4.79 Å². The monoisotopic (exact) mass is 466 g/mol. The number of anilines is 1. The van der Waals surface area contributed by atoms with Crippen LogP contribution in [-0.4, -0.2) is 41.5 Å². The molecule has 1 aliphatic heterocycles. The number of para-hydroxylation sites is 1. The first-order valence-electron chi connectivity index (χ1n) is 11.4. The third kappa shape index (κ3) is 5.17. The van der Waals surface area contributed by atoms with Crippen molar-refractivity contribution in [2.24, 2.45) is 0 Å². The number of hydrogen-bond donors (Lipinski definition) is 1. The lowest BCUT2D eigenvalue weighted by atomic mass is 10.1. The molecular formula is C25H30N4O3S. The summed E-state index contributed by atoms with van der Waals surface area (Å²) >= 11 is 0. The van der Waals surface area contributed by atoms with E-state index in [1.807, 2.05) is 48.9 Å². The van der Waals surface area contributed by atoms with Crippen LogP contribution >= 0.6 is 0 Å². The normalized spacial score (nSPS) is 14.8. The number of hydrogen-bond acceptors (Lipinski definition) is 4. The van der Waals surface area contributed by atoms with E-state index in [9.17, 15) is 13.2 Å². The maximum atomic E-state index is 12.8. The summed E-state index contributed by atoms with van der Waals surface area (Å²) in [5.74, 6) is -0.0983. The van der Waals surface area contributed by atoms with Crippen LogP contribution in [0.3, 0.4) is 0 Å². The molecule has 0 saturated carbocycles. The number of rotatable bonds is 7. The number of carbonyl (C=O) groups excluding carboxylic acids is 1. The van der Waals surface area contributed by atoms with Crippen molar-refractivity contribution in [3.8, 4) is 5.69 Å². The Hall–Kier alpha value is -2.97. The molecule has 0 aliphatic carbocycles. The molecule has 7 nitrogen and oxygen atoms in total. The number of carbonyl (C=O) groups is 1. The van der Waals surface area contributed by atoms with Gasteiger partial charge in [0.25, 0.3) is 0 Å². The van der Waals surface area contributed by atoms with Gasteiger partial charge in [-0.05, 0) is 62.9 Å². The first-order valence-corrected chi connectivity index (χ1v) is 12.8. The molecule has 2 aromatic carbocycles. The number of sulfonamides is 1. The highest BCUT2D eigenvalue weighted by Crippen LogP contribution is 2.24. The van der Waals surface area contributed by atoms with Crippen molar-refractivity contribution in [1.82, 2.24) is 14.1 Å². The summed E-state index contributed by atoms with van der Waals surface area (Å²) in [7, 11) is -3.44. The van der Waals surface area contributed by atoms with E-state index in [4.69, 9.17) is 0 Å². The van der Waals surface area contributed by atoms with E-state index in [-0.39, 0.29) is 5.91 Å². The van der Waals surface area contributed by atoms with Gasteiger partial charge in [0.2, 0.25) is 15.9 Å². The van der Waals surface area contributed by atoms with Crippen LogP contribution in [0.4, 0.5) is 5.69 Å². The Kier molecular flexibility index (Phi) is 6.95. The molecule has 0 atom stereocenters. The van der Waals surface area contributed by atoms with Crippen molar-refractivity contribution >= 4 is 21.6 Å². The van der Waals surface area contributed by atoms with Crippen molar-refractivity contribution < 1.29 is 13.2 Å². The molecular weight excluding hydrogens is 436 g/mol. The molecule has 1 fully saturated rings. The predicted molar refractivity (Wildman–Crippen MR) is 129 cm³/mol. The molecule has 174 valence electrons. The Morgan fingerprint density at radius 1 is 0.970 bits per heavy atom. The minimum absolute atomic E-state index is 0.0983. The molecule has 8 heteroatoms. The zero-order chi connectivity index (χ0) is 23.4. The Labute approximate surface area is 195 Å². The number of piperidine rings is 1. The Balaban J connectivity index is 1.37. The van der Waals surface area contributed by atoms with Crippen LogP contribution in [0.15, 0.2) is 59.5 Å². The van der Waals surface area contributed by atoms with Crippen molar-refractivity contribution in [3.63, 3.8) is 0 Å². The lowest BCUT2D eigenvalue weighted by molar-refractivity contribution is -0.116. The highest BCUT2D eigenvalue weighted by molar-refractivity contribution is 7.89. The molecule has 4 rings (SSSR count). The quantitative estimate of drug-likeness (QED) is 0.565. The van der Waals surface area contributed by atoms with Crippen LogP contribution in [0.25, 0.3) is 5.69 Å². The first kappa shape index (κ1) is 23.2. The average Bonchev–Trinajstić information content (AvgIpc) is 3.12. The van der Waals surface area contributed by atoms with Gasteiger partial charge in [0.1, 0.15) is 0 Å². The maximum absolute atomic E-state index is 12.8. The van der Waals surface area contributed by atoms with Gasteiger partial charge >= 0.3 is 0 Å². The highest BCUT2D eigenvalue weighted by atomic mass is 32.2. The van der Waals surface area contributed by atoms with Gasteiger partial charge in [-0.1, -0.05) is 36.8 Å². The largest absolute Gasteiger partial charge is 0.323 e. The van der Waals surface area contributed by atoms with Crippen LogP contribution in [0.1, 0.15) is 42.6 Å². The number of nitrogens with one attached hydrogen (secondary N) is 1.